The molecule has 0 unspecified atom stereocenters. The molecule has 4 aromatic heterocycles. The molecule has 0 aliphatic rings. The van der Waals surface area contributed by atoms with Crippen LogP contribution >= 0.6 is 23.1 Å². The van der Waals surface area contributed by atoms with Crippen LogP contribution in [0, 0.1) is 13.8 Å². The number of rotatable bonds is 6. The third-order valence-electron chi connectivity index (χ3n) is 4.98. The van der Waals surface area contributed by atoms with Gasteiger partial charge in [-0.1, -0.05) is 42.1 Å². The number of nitrogens with zero attached hydrogens (tertiary/aromatic N) is 5. The van der Waals surface area contributed by atoms with Crippen molar-refractivity contribution in [3.05, 3.63) is 87.2 Å². The van der Waals surface area contributed by atoms with E-state index in [0.29, 0.717) is 17.3 Å². The second kappa shape index (κ2) is 8.16. The smallest absolute Gasteiger partial charge is 0.258 e. The van der Waals surface area contributed by atoms with Gasteiger partial charge in [0.25, 0.3) is 5.56 Å². The summed E-state index contributed by atoms with van der Waals surface area (Å²) >= 11 is 2.99. The Balaban J connectivity index is 1.48. The second-order valence-electron chi connectivity index (χ2n) is 7.14. The summed E-state index contributed by atoms with van der Waals surface area (Å²) in [6.45, 7) is 4.46. The SMILES string of the molecule is Cc1occc1-c1nnc(SCc2cc(=O)n3c(C)csc3n2)n1Cc1ccccc1. The number of hydrogen-bond donors (Lipinski definition) is 0. The molecule has 0 spiro atoms. The van der Waals surface area contributed by atoms with Gasteiger partial charge < -0.3 is 4.42 Å². The minimum Gasteiger partial charge on any atom is -0.469 e. The molecule has 9 heteroatoms. The molecule has 0 aliphatic carbocycles. The molecular formula is C22H19N5O2S2. The maximum absolute atomic E-state index is 12.5. The van der Waals surface area contributed by atoms with Crippen molar-refractivity contribution >= 4 is 28.1 Å². The van der Waals surface area contributed by atoms with E-state index in [1.165, 1.54) is 23.1 Å². The number of aromatic nitrogens is 5. The van der Waals surface area contributed by atoms with Gasteiger partial charge in [0.05, 0.1) is 24.1 Å². The van der Waals surface area contributed by atoms with E-state index in [2.05, 4.69) is 31.9 Å². The fraction of sp³-hybridized carbons (Fsp3) is 0.182. The van der Waals surface area contributed by atoms with E-state index in [-0.39, 0.29) is 5.56 Å². The van der Waals surface area contributed by atoms with Gasteiger partial charge in [0.1, 0.15) is 5.76 Å². The Hall–Kier alpha value is -3.17. The van der Waals surface area contributed by atoms with Crippen LogP contribution in [-0.2, 0) is 12.3 Å². The number of aryl methyl sites for hydroxylation is 2. The van der Waals surface area contributed by atoms with Crippen LogP contribution in [0.3, 0.4) is 0 Å². The average Bonchev–Trinajstić information content (AvgIpc) is 3.46. The van der Waals surface area contributed by atoms with Crippen molar-refractivity contribution < 1.29 is 4.42 Å². The molecule has 0 saturated carbocycles. The molecular weight excluding hydrogens is 430 g/mol. The van der Waals surface area contributed by atoms with Crippen LogP contribution in [0.4, 0.5) is 0 Å². The third-order valence-corrected chi connectivity index (χ3v) is 6.92. The molecule has 0 fully saturated rings. The molecule has 0 saturated heterocycles. The Morgan fingerprint density at radius 2 is 1.97 bits per heavy atom. The van der Waals surface area contributed by atoms with E-state index in [0.717, 1.165) is 39.3 Å². The van der Waals surface area contributed by atoms with Crippen molar-refractivity contribution in [3.63, 3.8) is 0 Å². The first-order chi connectivity index (χ1) is 15.1. The molecule has 5 rings (SSSR count). The minimum absolute atomic E-state index is 0.0557. The van der Waals surface area contributed by atoms with Crippen molar-refractivity contribution in [2.45, 2.75) is 31.3 Å². The lowest BCUT2D eigenvalue weighted by Crippen LogP contribution is -2.14. The summed E-state index contributed by atoms with van der Waals surface area (Å²) in [4.78, 5) is 17.8. The van der Waals surface area contributed by atoms with E-state index in [4.69, 9.17) is 4.42 Å². The van der Waals surface area contributed by atoms with E-state index in [1.807, 2.05) is 43.5 Å². The number of hydrogen-bond acceptors (Lipinski definition) is 7. The van der Waals surface area contributed by atoms with Crippen LogP contribution in [0.5, 0.6) is 0 Å². The van der Waals surface area contributed by atoms with Crippen LogP contribution in [0.15, 0.2) is 68.5 Å². The van der Waals surface area contributed by atoms with Crippen molar-refractivity contribution in [1.82, 2.24) is 24.1 Å². The van der Waals surface area contributed by atoms with Gasteiger partial charge in [-0.3, -0.25) is 13.8 Å². The van der Waals surface area contributed by atoms with Gasteiger partial charge in [-0.2, -0.15) is 0 Å². The van der Waals surface area contributed by atoms with Gasteiger partial charge in [0.15, 0.2) is 15.9 Å². The summed E-state index contributed by atoms with van der Waals surface area (Å²) in [6, 6.07) is 13.7. The zero-order valence-electron chi connectivity index (χ0n) is 17.0. The summed E-state index contributed by atoms with van der Waals surface area (Å²) in [5, 5.41) is 11.6. The predicted octanol–water partition coefficient (Wildman–Crippen LogP) is 4.56. The standard InChI is InChI=1S/C22H19N5O2S2/c1-14-12-30-21-23-17(10-19(28)27(14)21)13-31-22-25-24-20(18-8-9-29-15(18)2)26(22)11-16-6-4-3-5-7-16/h3-10,12H,11,13H2,1-2H3. The van der Waals surface area contributed by atoms with Crippen LogP contribution in [0.1, 0.15) is 22.7 Å². The zero-order valence-corrected chi connectivity index (χ0v) is 18.6. The molecule has 0 atom stereocenters. The quantitative estimate of drug-likeness (QED) is 0.354. The first-order valence-corrected chi connectivity index (χ1v) is 11.6. The zero-order chi connectivity index (χ0) is 21.4. The summed E-state index contributed by atoms with van der Waals surface area (Å²) in [6.07, 6.45) is 1.66. The van der Waals surface area contributed by atoms with Crippen LogP contribution < -0.4 is 5.56 Å². The second-order valence-corrected chi connectivity index (χ2v) is 8.92. The number of benzene rings is 1. The van der Waals surface area contributed by atoms with Crippen molar-refractivity contribution in [2.24, 2.45) is 0 Å². The molecule has 7 nitrogen and oxygen atoms in total. The Kier molecular flexibility index (Phi) is 5.21. The highest BCUT2D eigenvalue weighted by Gasteiger charge is 2.18. The summed E-state index contributed by atoms with van der Waals surface area (Å²) in [5.41, 5.74) is 3.65. The van der Waals surface area contributed by atoms with Gasteiger partial charge in [0, 0.05) is 22.9 Å². The Labute approximate surface area is 186 Å². The minimum atomic E-state index is -0.0557. The van der Waals surface area contributed by atoms with Gasteiger partial charge in [0.2, 0.25) is 0 Å². The first-order valence-electron chi connectivity index (χ1n) is 9.71. The van der Waals surface area contributed by atoms with Crippen LogP contribution in [-0.4, -0.2) is 24.1 Å². The fourth-order valence-electron chi connectivity index (χ4n) is 3.43. The Morgan fingerprint density at radius 1 is 1.13 bits per heavy atom. The lowest BCUT2D eigenvalue weighted by molar-refractivity contribution is 0.534. The number of thioether (sulfide) groups is 1. The van der Waals surface area contributed by atoms with Gasteiger partial charge in [-0.25, -0.2) is 4.98 Å². The molecule has 0 amide bonds. The predicted molar refractivity (Wildman–Crippen MR) is 122 cm³/mol. The molecule has 5 aromatic rings. The topological polar surface area (TPSA) is 78.2 Å². The van der Waals surface area contributed by atoms with Crippen LogP contribution in [0.2, 0.25) is 0 Å². The van der Waals surface area contributed by atoms with E-state index >= 15 is 0 Å². The lowest BCUT2D eigenvalue weighted by atomic mass is 10.2. The molecule has 156 valence electrons. The number of thiazole rings is 1. The lowest BCUT2D eigenvalue weighted by Gasteiger charge is -2.10. The van der Waals surface area contributed by atoms with E-state index in [9.17, 15) is 4.79 Å². The highest BCUT2D eigenvalue weighted by atomic mass is 32.2. The first kappa shape index (κ1) is 19.8. The highest BCUT2D eigenvalue weighted by Crippen LogP contribution is 2.29. The van der Waals surface area contributed by atoms with Crippen molar-refractivity contribution in [2.75, 3.05) is 0 Å². The van der Waals surface area contributed by atoms with E-state index in [1.54, 1.807) is 16.7 Å². The molecule has 0 N–H and O–H groups in total. The Morgan fingerprint density at radius 3 is 2.74 bits per heavy atom. The average molecular weight is 450 g/mol. The highest BCUT2D eigenvalue weighted by molar-refractivity contribution is 7.98. The van der Waals surface area contributed by atoms with Crippen molar-refractivity contribution in [1.29, 1.82) is 0 Å². The fourth-order valence-corrected chi connectivity index (χ4v) is 5.15. The molecule has 31 heavy (non-hydrogen) atoms. The van der Waals surface area contributed by atoms with E-state index < -0.39 is 0 Å². The monoisotopic (exact) mass is 449 g/mol. The van der Waals surface area contributed by atoms with Crippen molar-refractivity contribution in [3.8, 4) is 11.4 Å². The molecule has 4 heterocycles. The molecule has 1 aromatic carbocycles. The molecule has 0 aliphatic heterocycles. The maximum atomic E-state index is 12.5. The molecule has 0 radical (unpaired) electrons. The largest absolute Gasteiger partial charge is 0.469 e. The Bertz CT molecular complexity index is 1410. The third kappa shape index (κ3) is 3.82. The summed E-state index contributed by atoms with van der Waals surface area (Å²) < 4.78 is 9.20. The van der Waals surface area contributed by atoms with Gasteiger partial charge in [-0.15, -0.1) is 21.5 Å². The van der Waals surface area contributed by atoms with Crippen LogP contribution in [0.25, 0.3) is 16.3 Å². The number of fused-ring (bicyclic) bond motifs is 1. The summed E-state index contributed by atoms with van der Waals surface area (Å²) in [7, 11) is 0. The number of furan rings is 1. The summed E-state index contributed by atoms with van der Waals surface area (Å²) in [5.74, 6) is 2.08. The van der Waals surface area contributed by atoms with Gasteiger partial charge >= 0.3 is 0 Å². The normalized spacial score (nSPS) is 11.4. The van der Waals surface area contributed by atoms with Gasteiger partial charge in [-0.05, 0) is 25.5 Å². The maximum Gasteiger partial charge on any atom is 0.258 e. The molecule has 0 bridgehead atoms.